The highest BCUT2D eigenvalue weighted by Crippen LogP contribution is 2.17. The molecule has 0 amide bonds. The van der Waals surface area contributed by atoms with Gasteiger partial charge in [-0.2, -0.15) is 0 Å². The van der Waals surface area contributed by atoms with Crippen molar-refractivity contribution in [2.24, 2.45) is 0 Å². The molecule has 2 atom stereocenters. The summed E-state index contributed by atoms with van der Waals surface area (Å²) in [5.74, 6) is 0. The van der Waals surface area contributed by atoms with Crippen LogP contribution in [-0.2, 0) is 13.9 Å². The predicted octanol–water partition coefficient (Wildman–Crippen LogP) is 1.64. The highest BCUT2D eigenvalue weighted by molar-refractivity contribution is 6.71. The topological polar surface area (TPSA) is 31.0 Å². The SMILES string of the molecule is CO[Si](C)(C)CC(C)OCC1CO1. The van der Waals surface area contributed by atoms with Crippen molar-refractivity contribution in [2.75, 3.05) is 20.3 Å². The van der Waals surface area contributed by atoms with Gasteiger partial charge in [0.25, 0.3) is 0 Å². The third-order valence-electron chi connectivity index (χ3n) is 2.30. The zero-order chi connectivity index (χ0) is 9.90. The predicted molar refractivity (Wildman–Crippen MR) is 54.5 cm³/mol. The molecule has 1 saturated heterocycles. The summed E-state index contributed by atoms with van der Waals surface area (Å²) in [5.41, 5.74) is 0. The second-order valence-corrected chi connectivity index (χ2v) is 8.60. The molecule has 0 radical (unpaired) electrons. The van der Waals surface area contributed by atoms with E-state index in [1.807, 2.05) is 0 Å². The first-order chi connectivity index (χ1) is 6.03. The molecule has 1 aliphatic heterocycles. The van der Waals surface area contributed by atoms with Crippen LogP contribution in [0.3, 0.4) is 0 Å². The summed E-state index contributed by atoms with van der Waals surface area (Å²) >= 11 is 0. The van der Waals surface area contributed by atoms with Gasteiger partial charge in [0, 0.05) is 7.11 Å². The van der Waals surface area contributed by atoms with E-state index in [0.717, 1.165) is 19.3 Å². The number of ether oxygens (including phenoxy) is 2. The maximum atomic E-state index is 5.63. The van der Waals surface area contributed by atoms with Crippen LogP contribution >= 0.6 is 0 Å². The van der Waals surface area contributed by atoms with Gasteiger partial charge in [-0.1, -0.05) is 0 Å². The van der Waals surface area contributed by atoms with Gasteiger partial charge in [-0.25, -0.2) is 0 Å². The molecule has 1 fully saturated rings. The molecule has 0 spiro atoms. The minimum Gasteiger partial charge on any atom is -0.420 e. The van der Waals surface area contributed by atoms with E-state index in [2.05, 4.69) is 20.0 Å². The van der Waals surface area contributed by atoms with Gasteiger partial charge in [-0.3, -0.25) is 0 Å². The first kappa shape index (κ1) is 11.2. The molecule has 0 aromatic rings. The lowest BCUT2D eigenvalue weighted by molar-refractivity contribution is 0.0632. The Labute approximate surface area is 81.5 Å². The maximum Gasteiger partial charge on any atom is 0.188 e. The lowest BCUT2D eigenvalue weighted by atomic mass is 10.4. The van der Waals surface area contributed by atoms with E-state index < -0.39 is 8.32 Å². The van der Waals surface area contributed by atoms with Crippen molar-refractivity contribution in [2.45, 2.75) is 38.3 Å². The van der Waals surface area contributed by atoms with Crippen LogP contribution in [0.4, 0.5) is 0 Å². The standard InChI is InChI=1S/C9H20O3Si/c1-8(7-13(3,4)10-2)11-5-9-6-12-9/h8-9H,5-7H2,1-4H3. The Bertz CT molecular complexity index is 157. The Morgan fingerprint density at radius 3 is 2.62 bits per heavy atom. The molecule has 78 valence electrons. The molecule has 0 aromatic heterocycles. The van der Waals surface area contributed by atoms with E-state index >= 15 is 0 Å². The van der Waals surface area contributed by atoms with Crippen molar-refractivity contribution < 1.29 is 13.9 Å². The van der Waals surface area contributed by atoms with Gasteiger partial charge in [-0.05, 0) is 26.1 Å². The molecular formula is C9H20O3Si. The van der Waals surface area contributed by atoms with Crippen molar-refractivity contribution >= 4 is 8.32 Å². The molecule has 1 heterocycles. The van der Waals surface area contributed by atoms with Gasteiger partial charge < -0.3 is 13.9 Å². The number of hydrogen-bond acceptors (Lipinski definition) is 3. The highest BCUT2D eigenvalue weighted by atomic mass is 28.4. The second kappa shape index (κ2) is 4.55. The Morgan fingerprint density at radius 2 is 2.15 bits per heavy atom. The van der Waals surface area contributed by atoms with Crippen LogP contribution in [0.25, 0.3) is 0 Å². The van der Waals surface area contributed by atoms with Crippen LogP contribution in [-0.4, -0.2) is 40.8 Å². The molecule has 0 aliphatic carbocycles. The van der Waals surface area contributed by atoms with Crippen LogP contribution in [0.15, 0.2) is 0 Å². The summed E-state index contributed by atoms with van der Waals surface area (Å²) in [4.78, 5) is 0. The molecule has 1 aliphatic rings. The van der Waals surface area contributed by atoms with Gasteiger partial charge >= 0.3 is 0 Å². The Hall–Kier alpha value is 0.0969. The molecule has 2 unspecified atom stereocenters. The zero-order valence-corrected chi connectivity index (χ0v) is 10.0. The monoisotopic (exact) mass is 204 g/mol. The Balaban J connectivity index is 2.11. The van der Waals surface area contributed by atoms with Gasteiger partial charge in [0.1, 0.15) is 6.10 Å². The molecule has 0 N–H and O–H groups in total. The van der Waals surface area contributed by atoms with Crippen molar-refractivity contribution in [1.29, 1.82) is 0 Å². The van der Waals surface area contributed by atoms with Crippen molar-refractivity contribution in [3.05, 3.63) is 0 Å². The fourth-order valence-corrected chi connectivity index (χ4v) is 2.94. The molecule has 13 heavy (non-hydrogen) atoms. The summed E-state index contributed by atoms with van der Waals surface area (Å²) in [5, 5.41) is 0. The first-order valence-corrected chi connectivity index (χ1v) is 7.93. The maximum absolute atomic E-state index is 5.63. The first-order valence-electron chi connectivity index (χ1n) is 4.82. The van der Waals surface area contributed by atoms with Crippen LogP contribution in [0.1, 0.15) is 6.92 Å². The molecular weight excluding hydrogens is 184 g/mol. The summed E-state index contributed by atoms with van der Waals surface area (Å²) in [6.07, 6.45) is 0.667. The van der Waals surface area contributed by atoms with E-state index in [4.69, 9.17) is 13.9 Å². The number of epoxide rings is 1. The lowest BCUT2D eigenvalue weighted by Gasteiger charge is -2.23. The highest BCUT2D eigenvalue weighted by Gasteiger charge is 2.27. The number of hydrogen-bond donors (Lipinski definition) is 0. The van der Waals surface area contributed by atoms with Crippen molar-refractivity contribution in [3.8, 4) is 0 Å². The summed E-state index contributed by atoms with van der Waals surface area (Å²) in [7, 11) is 0.337. The van der Waals surface area contributed by atoms with E-state index in [1.165, 1.54) is 0 Å². The van der Waals surface area contributed by atoms with Crippen LogP contribution in [0.5, 0.6) is 0 Å². The second-order valence-electron chi connectivity index (χ2n) is 4.27. The lowest BCUT2D eigenvalue weighted by Crippen LogP contribution is -2.33. The van der Waals surface area contributed by atoms with Gasteiger partial charge in [-0.15, -0.1) is 0 Å². The Morgan fingerprint density at radius 1 is 1.54 bits per heavy atom. The van der Waals surface area contributed by atoms with E-state index in [9.17, 15) is 0 Å². The van der Waals surface area contributed by atoms with Crippen molar-refractivity contribution in [1.82, 2.24) is 0 Å². The average molecular weight is 204 g/mol. The molecule has 0 aromatic carbocycles. The van der Waals surface area contributed by atoms with Crippen LogP contribution in [0.2, 0.25) is 19.1 Å². The normalized spacial score (nSPS) is 24.5. The Kier molecular flexibility index (Phi) is 3.91. The zero-order valence-electron chi connectivity index (χ0n) is 9.00. The molecule has 1 rings (SSSR count). The smallest absolute Gasteiger partial charge is 0.188 e. The fraction of sp³-hybridized carbons (Fsp3) is 1.00. The largest absolute Gasteiger partial charge is 0.420 e. The third-order valence-corrected chi connectivity index (χ3v) is 4.96. The van der Waals surface area contributed by atoms with Crippen molar-refractivity contribution in [3.63, 3.8) is 0 Å². The van der Waals surface area contributed by atoms with Crippen LogP contribution in [0, 0.1) is 0 Å². The van der Waals surface area contributed by atoms with E-state index in [1.54, 1.807) is 7.11 Å². The van der Waals surface area contributed by atoms with E-state index in [-0.39, 0.29) is 0 Å². The third kappa shape index (κ3) is 4.76. The fourth-order valence-electron chi connectivity index (χ4n) is 1.27. The quantitative estimate of drug-likeness (QED) is 0.487. The van der Waals surface area contributed by atoms with Gasteiger partial charge in [0.15, 0.2) is 8.32 Å². The summed E-state index contributed by atoms with van der Waals surface area (Å²) in [6, 6.07) is 1.05. The average Bonchev–Trinajstić information content (AvgIpc) is 2.83. The molecule has 0 bridgehead atoms. The summed E-state index contributed by atoms with van der Waals surface area (Å²) in [6.45, 7) is 8.14. The molecule has 0 saturated carbocycles. The van der Waals surface area contributed by atoms with Gasteiger partial charge in [0.2, 0.25) is 0 Å². The molecule has 4 heteroatoms. The molecule has 3 nitrogen and oxygen atoms in total. The minimum atomic E-state index is -1.46. The van der Waals surface area contributed by atoms with Crippen LogP contribution < -0.4 is 0 Å². The summed E-state index contributed by atoms with van der Waals surface area (Å²) < 4.78 is 16.2. The van der Waals surface area contributed by atoms with Gasteiger partial charge in [0.05, 0.1) is 19.3 Å². The van der Waals surface area contributed by atoms with E-state index in [0.29, 0.717) is 12.2 Å². The number of rotatable bonds is 6. The minimum absolute atomic E-state index is 0.297.